The van der Waals surface area contributed by atoms with Crippen molar-refractivity contribution in [3.05, 3.63) is 60.6 Å². The first-order valence-corrected chi connectivity index (χ1v) is 6.97. The Morgan fingerprint density at radius 1 is 1.18 bits per heavy atom. The highest BCUT2D eigenvalue weighted by Crippen LogP contribution is 2.18. The summed E-state index contributed by atoms with van der Waals surface area (Å²) in [6, 6.07) is 9.99. The molecule has 0 atom stereocenters. The minimum Gasteiger partial charge on any atom is -0.382 e. The molecular weight excluding hydrogens is 274 g/mol. The van der Waals surface area contributed by atoms with Gasteiger partial charge in [0.05, 0.1) is 24.0 Å². The zero-order chi connectivity index (χ0) is 15.5. The van der Waals surface area contributed by atoms with Crippen molar-refractivity contribution >= 4 is 28.6 Å². The van der Waals surface area contributed by atoms with Crippen LogP contribution in [0.4, 0.5) is 11.5 Å². The van der Waals surface area contributed by atoms with Crippen LogP contribution in [0.15, 0.2) is 49.3 Å². The molecule has 0 fully saturated rings. The van der Waals surface area contributed by atoms with Crippen LogP contribution in [0.1, 0.15) is 11.3 Å². The molecule has 2 N–H and O–H groups in total. The third-order valence-corrected chi connectivity index (χ3v) is 3.51. The average Bonchev–Trinajstić information content (AvgIpc) is 2.55. The van der Waals surface area contributed by atoms with Gasteiger partial charge in [-0.05, 0) is 23.8 Å². The lowest BCUT2D eigenvalue weighted by molar-refractivity contribution is 0.883. The predicted molar refractivity (Wildman–Crippen MR) is 90.4 cm³/mol. The van der Waals surface area contributed by atoms with E-state index in [0.717, 1.165) is 22.5 Å². The monoisotopic (exact) mass is 291 g/mol. The van der Waals surface area contributed by atoms with Crippen LogP contribution in [0.5, 0.6) is 0 Å². The predicted octanol–water partition coefficient (Wildman–Crippen LogP) is 2.89. The Labute approximate surface area is 129 Å². The number of rotatable bonds is 4. The Balaban J connectivity index is 1.85. The fourth-order valence-corrected chi connectivity index (χ4v) is 2.27. The lowest BCUT2D eigenvalue weighted by Gasteiger charge is -2.19. The topological polar surface area (TPSA) is 67.9 Å². The van der Waals surface area contributed by atoms with Gasteiger partial charge in [-0.2, -0.15) is 0 Å². The van der Waals surface area contributed by atoms with Crippen molar-refractivity contribution in [1.29, 1.82) is 0 Å². The molecule has 0 aliphatic rings. The minimum absolute atomic E-state index is 0.407. The number of fused-ring (bicyclic) bond motifs is 1. The Kier molecular flexibility index (Phi) is 3.70. The molecule has 1 aromatic carbocycles. The maximum Gasteiger partial charge on any atom is 0.151 e. The highest BCUT2D eigenvalue weighted by Gasteiger charge is 2.07. The summed E-state index contributed by atoms with van der Waals surface area (Å²) >= 11 is 0. The van der Waals surface area contributed by atoms with Crippen molar-refractivity contribution in [2.75, 3.05) is 17.7 Å². The van der Waals surface area contributed by atoms with Crippen LogP contribution >= 0.6 is 0 Å². The molecule has 0 saturated carbocycles. The lowest BCUT2D eigenvalue weighted by Crippen LogP contribution is -2.17. The van der Waals surface area contributed by atoms with Gasteiger partial charge >= 0.3 is 0 Å². The van der Waals surface area contributed by atoms with Crippen LogP contribution in [0, 0.1) is 0 Å². The third-order valence-electron chi connectivity index (χ3n) is 3.51. The molecule has 5 nitrogen and oxygen atoms in total. The number of benzene rings is 1. The summed E-state index contributed by atoms with van der Waals surface area (Å²) in [5.74, 6) is 0.407. The molecule has 0 spiro atoms. The van der Waals surface area contributed by atoms with E-state index in [2.05, 4.69) is 38.6 Å². The van der Waals surface area contributed by atoms with Gasteiger partial charge in [-0.15, -0.1) is 0 Å². The Morgan fingerprint density at radius 3 is 2.68 bits per heavy atom. The zero-order valence-corrected chi connectivity index (χ0v) is 12.4. The van der Waals surface area contributed by atoms with Crippen LogP contribution in [-0.4, -0.2) is 22.0 Å². The summed E-state index contributed by atoms with van der Waals surface area (Å²) in [4.78, 5) is 15.1. The number of pyridine rings is 1. The SMILES string of the molecule is C=Cc1ccc(N(C)Cc2cnc3ccnc(N)c3n2)cc1. The maximum atomic E-state index is 5.86. The highest BCUT2D eigenvalue weighted by molar-refractivity contribution is 5.83. The van der Waals surface area contributed by atoms with Gasteiger partial charge in [0.2, 0.25) is 0 Å². The first-order valence-electron chi connectivity index (χ1n) is 6.97. The first kappa shape index (κ1) is 14.0. The molecule has 3 aromatic rings. The summed E-state index contributed by atoms with van der Waals surface area (Å²) < 4.78 is 0. The van der Waals surface area contributed by atoms with Crippen LogP contribution in [0.25, 0.3) is 17.1 Å². The van der Waals surface area contributed by atoms with Crippen LogP contribution < -0.4 is 10.6 Å². The van der Waals surface area contributed by atoms with Crippen molar-refractivity contribution in [3.8, 4) is 0 Å². The van der Waals surface area contributed by atoms with E-state index in [1.807, 2.05) is 25.3 Å². The molecule has 0 saturated heterocycles. The van der Waals surface area contributed by atoms with Crippen molar-refractivity contribution in [2.45, 2.75) is 6.54 Å². The second-order valence-electron chi connectivity index (χ2n) is 5.08. The minimum atomic E-state index is 0.407. The van der Waals surface area contributed by atoms with Crippen LogP contribution in [0.2, 0.25) is 0 Å². The number of hydrogen-bond donors (Lipinski definition) is 1. The summed E-state index contributed by atoms with van der Waals surface area (Å²) in [6.07, 6.45) is 5.24. The number of nitrogen functional groups attached to an aromatic ring is 1. The maximum absolute atomic E-state index is 5.86. The van der Waals surface area contributed by atoms with Crippen molar-refractivity contribution in [1.82, 2.24) is 15.0 Å². The number of anilines is 2. The van der Waals surface area contributed by atoms with E-state index < -0.39 is 0 Å². The van der Waals surface area contributed by atoms with E-state index in [-0.39, 0.29) is 0 Å². The smallest absolute Gasteiger partial charge is 0.151 e. The summed E-state index contributed by atoms with van der Waals surface area (Å²) in [6.45, 7) is 4.40. The molecule has 0 bridgehead atoms. The highest BCUT2D eigenvalue weighted by atomic mass is 15.1. The van der Waals surface area contributed by atoms with Crippen LogP contribution in [0.3, 0.4) is 0 Å². The Morgan fingerprint density at radius 2 is 1.95 bits per heavy atom. The molecule has 110 valence electrons. The van der Waals surface area contributed by atoms with Crippen molar-refractivity contribution in [2.24, 2.45) is 0 Å². The standard InChI is InChI=1S/C17H17N5/c1-3-12-4-6-14(7-5-12)22(2)11-13-10-20-15-8-9-19-17(18)16(15)21-13/h3-10H,1,11H2,2H3,(H2,18,19). The fourth-order valence-electron chi connectivity index (χ4n) is 2.27. The molecule has 5 heteroatoms. The number of aromatic nitrogens is 3. The summed E-state index contributed by atoms with van der Waals surface area (Å²) in [7, 11) is 2.02. The van der Waals surface area contributed by atoms with Crippen LogP contribution in [-0.2, 0) is 6.54 Å². The molecule has 22 heavy (non-hydrogen) atoms. The van der Waals surface area contributed by atoms with Crippen molar-refractivity contribution < 1.29 is 0 Å². The van der Waals surface area contributed by atoms with Gasteiger partial charge in [-0.3, -0.25) is 4.98 Å². The van der Waals surface area contributed by atoms with Gasteiger partial charge in [0.15, 0.2) is 5.82 Å². The first-order chi connectivity index (χ1) is 10.7. The summed E-state index contributed by atoms with van der Waals surface area (Å²) in [5, 5.41) is 0. The quantitative estimate of drug-likeness (QED) is 0.800. The Bertz CT molecular complexity index is 811. The Hall–Kier alpha value is -2.95. The van der Waals surface area contributed by atoms with E-state index in [1.165, 1.54) is 0 Å². The molecule has 2 heterocycles. The van der Waals surface area contributed by atoms with E-state index in [4.69, 9.17) is 5.73 Å². The molecule has 0 radical (unpaired) electrons. The van der Waals surface area contributed by atoms with E-state index in [9.17, 15) is 0 Å². The van der Waals surface area contributed by atoms with Crippen molar-refractivity contribution in [3.63, 3.8) is 0 Å². The van der Waals surface area contributed by atoms with Gasteiger partial charge in [0.1, 0.15) is 5.52 Å². The van der Waals surface area contributed by atoms with Gasteiger partial charge in [0, 0.05) is 18.9 Å². The molecule has 0 aliphatic carbocycles. The molecule has 0 unspecified atom stereocenters. The van der Waals surface area contributed by atoms with Gasteiger partial charge in [-0.25, -0.2) is 9.97 Å². The fraction of sp³-hybridized carbons (Fsp3) is 0.118. The van der Waals surface area contributed by atoms with E-state index >= 15 is 0 Å². The normalized spacial score (nSPS) is 10.6. The van der Waals surface area contributed by atoms with E-state index in [0.29, 0.717) is 17.9 Å². The summed E-state index contributed by atoms with van der Waals surface area (Å²) in [5.41, 5.74) is 10.3. The second-order valence-corrected chi connectivity index (χ2v) is 5.08. The number of nitrogens with zero attached hydrogens (tertiary/aromatic N) is 4. The van der Waals surface area contributed by atoms with Gasteiger partial charge < -0.3 is 10.6 Å². The molecule has 2 aromatic heterocycles. The largest absolute Gasteiger partial charge is 0.382 e. The average molecular weight is 291 g/mol. The van der Waals surface area contributed by atoms with Gasteiger partial charge in [-0.1, -0.05) is 24.8 Å². The third kappa shape index (κ3) is 2.74. The van der Waals surface area contributed by atoms with E-state index in [1.54, 1.807) is 18.5 Å². The van der Waals surface area contributed by atoms with Gasteiger partial charge in [0.25, 0.3) is 0 Å². The molecule has 0 aliphatic heterocycles. The second kappa shape index (κ2) is 5.81. The molecule has 0 amide bonds. The lowest BCUT2D eigenvalue weighted by atomic mass is 10.2. The number of nitrogens with two attached hydrogens (primary N) is 1. The molecule has 3 rings (SSSR count). The number of hydrogen-bond acceptors (Lipinski definition) is 5. The molecular formula is C17H17N5. The zero-order valence-electron chi connectivity index (χ0n) is 12.4.